The van der Waals surface area contributed by atoms with Crippen molar-refractivity contribution in [1.82, 2.24) is 10.2 Å². The summed E-state index contributed by atoms with van der Waals surface area (Å²) < 4.78 is 4.97. The van der Waals surface area contributed by atoms with Crippen LogP contribution < -0.4 is 10.1 Å². The van der Waals surface area contributed by atoms with Crippen LogP contribution in [0.2, 0.25) is 0 Å². The van der Waals surface area contributed by atoms with Crippen molar-refractivity contribution in [2.75, 3.05) is 19.0 Å². The van der Waals surface area contributed by atoms with Gasteiger partial charge in [0, 0.05) is 6.54 Å². The van der Waals surface area contributed by atoms with E-state index in [-0.39, 0.29) is 0 Å². The minimum absolute atomic E-state index is 0.471. The van der Waals surface area contributed by atoms with Gasteiger partial charge in [0.1, 0.15) is 0 Å². The van der Waals surface area contributed by atoms with Gasteiger partial charge in [-0.25, -0.2) is 0 Å². The first-order valence-corrected chi connectivity index (χ1v) is 5.65. The number of methoxy groups -OCH3 is 1. The molecule has 0 amide bonds. The van der Waals surface area contributed by atoms with E-state index in [0.717, 1.165) is 11.7 Å². The molecule has 0 atom stereocenters. The van der Waals surface area contributed by atoms with E-state index in [1.54, 1.807) is 7.11 Å². The van der Waals surface area contributed by atoms with Gasteiger partial charge in [-0.3, -0.25) is 0 Å². The topological polar surface area (TPSA) is 47.0 Å². The summed E-state index contributed by atoms with van der Waals surface area (Å²) in [6.07, 6.45) is 3.99. The Kier molecular flexibility index (Phi) is 2.58. The van der Waals surface area contributed by atoms with Crippen molar-refractivity contribution < 1.29 is 4.74 Å². The first kappa shape index (κ1) is 9.71. The highest BCUT2D eigenvalue weighted by atomic mass is 32.1. The number of nitrogens with zero attached hydrogens (tertiary/aromatic N) is 2. The average Bonchev–Trinajstić information content (AvgIpc) is 2.59. The molecule has 0 radical (unpaired) electrons. The standard InChI is InChI=1S/C9H15N3OS/c1-9(4-3-5-9)6-10-7-11-12-8(13-2)14-7/h3-6H2,1-2H3,(H,10,11). The van der Waals surface area contributed by atoms with Crippen LogP contribution in [0, 0.1) is 5.41 Å². The van der Waals surface area contributed by atoms with Crippen molar-refractivity contribution in [3.05, 3.63) is 0 Å². The van der Waals surface area contributed by atoms with Gasteiger partial charge in [0.05, 0.1) is 7.11 Å². The van der Waals surface area contributed by atoms with E-state index < -0.39 is 0 Å². The van der Waals surface area contributed by atoms with Crippen LogP contribution in [0.1, 0.15) is 26.2 Å². The Balaban J connectivity index is 1.85. The molecular weight excluding hydrogens is 198 g/mol. The second-order valence-electron chi connectivity index (χ2n) is 4.10. The molecule has 0 aliphatic heterocycles. The van der Waals surface area contributed by atoms with Gasteiger partial charge in [-0.05, 0) is 29.6 Å². The zero-order chi connectivity index (χ0) is 10.0. The molecule has 78 valence electrons. The molecule has 0 bridgehead atoms. The summed E-state index contributed by atoms with van der Waals surface area (Å²) in [6, 6.07) is 0. The quantitative estimate of drug-likeness (QED) is 0.832. The third-order valence-corrected chi connectivity index (χ3v) is 3.65. The largest absolute Gasteiger partial charge is 0.472 e. The zero-order valence-electron chi connectivity index (χ0n) is 8.54. The molecular formula is C9H15N3OS. The van der Waals surface area contributed by atoms with Gasteiger partial charge in [0.2, 0.25) is 5.13 Å². The maximum Gasteiger partial charge on any atom is 0.295 e. The molecule has 1 aromatic heterocycles. The molecule has 0 spiro atoms. The molecule has 1 aromatic rings. The molecule has 14 heavy (non-hydrogen) atoms. The van der Waals surface area contributed by atoms with Gasteiger partial charge in [0.25, 0.3) is 5.19 Å². The number of aromatic nitrogens is 2. The van der Waals surface area contributed by atoms with Crippen LogP contribution >= 0.6 is 11.3 Å². The van der Waals surface area contributed by atoms with E-state index in [2.05, 4.69) is 22.4 Å². The number of hydrogen-bond donors (Lipinski definition) is 1. The minimum Gasteiger partial charge on any atom is -0.472 e. The molecule has 1 saturated carbocycles. The summed E-state index contributed by atoms with van der Waals surface area (Å²) in [6.45, 7) is 3.30. The first-order chi connectivity index (χ1) is 6.72. The molecule has 1 aliphatic carbocycles. The second kappa shape index (κ2) is 3.73. The fourth-order valence-electron chi connectivity index (χ4n) is 1.61. The van der Waals surface area contributed by atoms with E-state index >= 15 is 0 Å². The van der Waals surface area contributed by atoms with Crippen LogP contribution in [0.15, 0.2) is 0 Å². The van der Waals surface area contributed by atoms with Crippen LogP contribution in [0.4, 0.5) is 5.13 Å². The van der Waals surface area contributed by atoms with Crippen LogP contribution in [-0.2, 0) is 0 Å². The zero-order valence-corrected chi connectivity index (χ0v) is 9.36. The van der Waals surface area contributed by atoms with Crippen LogP contribution in [0.25, 0.3) is 0 Å². The Morgan fingerprint density at radius 2 is 2.29 bits per heavy atom. The van der Waals surface area contributed by atoms with Crippen molar-refractivity contribution in [2.45, 2.75) is 26.2 Å². The molecule has 5 heteroatoms. The van der Waals surface area contributed by atoms with E-state index in [4.69, 9.17) is 4.74 Å². The van der Waals surface area contributed by atoms with Gasteiger partial charge in [-0.1, -0.05) is 18.4 Å². The summed E-state index contributed by atoms with van der Waals surface area (Å²) in [5.74, 6) is 0. The second-order valence-corrected chi connectivity index (χ2v) is 5.04. The highest BCUT2D eigenvalue weighted by Crippen LogP contribution is 2.40. The molecule has 0 aromatic carbocycles. The number of hydrogen-bond acceptors (Lipinski definition) is 5. The molecule has 2 rings (SSSR count). The first-order valence-electron chi connectivity index (χ1n) is 4.83. The smallest absolute Gasteiger partial charge is 0.295 e. The summed E-state index contributed by atoms with van der Waals surface area (Å²) in [5.41, 5.74) is 0.471. The van der Waals surface area contributed by atoms with Crippen molar-refractivity contribution in [3.63, 3.8) is 0 Å². The van der Waals surface area contributed by atoms with Crippen molar-refractivity contribution >= 4 is 16.5 Å². The SMILES string of the molecule is COc1nnc(NCC2(C)CCC2)s1. The molecule has 1 aliphatic rings. The number of ether oxygens (including phenoxy) is 1. The Hall–Kier alpha value is -0.840. The number of rotatable bonds is 4. The lowest BCUT2D eigenvalue weighted by atomic mass is 9.70. The van der Waals surface area contributed by atoms with Crippen molar-refractivity contribution in [2.24, 2.45) is 5.41 Å². The highest BCUT2D eigenvalue weighted by molar-refractivity contribution is 7.16. The van der Waals surface area contributed by atoms with Crippen LogP contribution in [0.3, 0.4) is 0 Å². The van der Waals surface area contributed by atoms with Gasteiger partial charge >= 0.3 is 0 Å². The van der Waals surface area contributed by atoms with Crippen molar-refractivity contribution in [1.29, 1.82) is 0 Å². The van der Waals surface area contributed by atoms with E-state index in [1.165, 1.54) is 30.6 Å². The van der Waals surface area contributed by atoms with Gasteiger partial charge in [-0.2, -0.15) is 0 Å². The third-order valence-electron chi connectivity index (χ3n) is 2.81. The number of nitrogens with one attached hydrogen (secondary N) is 1. The summed E-state index contributed by atoms with van der Waals surface area (Å²) in [5, 5.41) is 12.6. The normalized spacial score (nSPS) is 18.7. The summed E-state index contributed by atoms with van der Waals surface area (Å²) in [4.78, 5) is 0. The van der Waals surface area contributed by atoms with Crippen LogP contribution in [-0.4, -0.2) is 23.9 Å². The summed E-state index contributed by atoms with van der Waals surface area (Å²) in [7, 11) is 1.61. The Morgan fingerprint density at radius 1 is 1.50 bits per heavy atom. The van der Waals surface area contributed by atoms with Gasteiger partial charge in [-0.15, -0.1) is 5.10 Å². The fourth-order valence-corrected chi connectivity index (χ4v) is 2.17. The minimum atomic E-state index is 0.471. The third kappa shape index (κ3) is 1.97. The summed E-state index contributed by atoms with van der Waals surface area (Å²) >= 11 is 1.45. The molecule has 1 fully saturated rings. The van der Waals surface area contributed by atoms with Crippen LogP contribution in [0.5, 0.6) is 5.19 Å². The molecule has 1 N–H and O–H groups in total. The Bertz CT molecular complexity index is 309. The fraction of sp³-hybridized carbons (Fsp3) is 0.778. The maximum atomic E-state index is 4.97. The Morgan fingerprint density at radius 3 is 2.79 bits per heavy atom. The molecule has 0 saturated heterocycles. The van der Waals surface area contributed by atoms with Gasteiger partial charge < -0.3 is 10.1 Å². The molecule has 1 heterocycles. The molecule has 0 unspecified atom stereocenters. The number of anilines is 1. The predicted molar refractivity (Wildman–Crippen MR) is 56.9 cm³/mol. The van der Waals surface area contributed by atoms with E-state index in [9.17, 15) is 0 Å². The monoisotopic (exact) mass is 213 g/mol. The maximum absolute atomic E-state index is 4.97. The lowest BCUT2D eigenvalue weighted by Crippen LogP contribution is -2.33. The molecule has 4 nitrogen and oxygen atoms in total. The lowest BCUT2D eigenvalue weighted by molar-refractivity contribution is 0.180. The van der Waals surface area contributed by atoms with E-state index in [0.29, 0.717) is 10.6 Å². The lowest BCUT2D eigenvalue weighted by Gasteiger charge is -2.38. The van der Waals surface area contributed by atoms with Gasteiger partial charge in [0.15, 0.2) is 0 Å². The van der Waals surface area contributed by atoms with Crippen molar-refractivity contribution in [3.8, 4) is 5.19 Å². The van der Waals surface area contributed by atoms with E-state index in [1.807, 2.05) is 0 Å². The Labute approximate surface area is 87.7 Å². The highest BCUT2D eigenvalue weighted by Gasteiger charge is 2.31. The predicted octanol–water partition coefficient (Wildman–Crippen LogP) is 2.15. The average molecular weight is 213 g/mol.